The molecule has 1 aromatic rings. The fraction of sp³-hybridized carbons (Fsp3) is 0.556. The maximum Gasteiger partial charge on any atom is 0.307 e. The Hall–Kier alpha value is -1.32. The van der Waals surface area contributed by atoms with Gasteiger partial charge in [-0.25, -0.2) is 4.98 Å². The van der Waals surface area contributed by atoms with E-state index in [4.69, 9.17) is 4.74 Å². The molecule has 0 atom stereocenters. The minimum atomic E-state index is -0.157. The van der Waals surface area contributed by atoms with Gasteiger partial charge < -0.3 is 9.30 Å². The van der Waals surface area contributed by atoms with E-state index in [1.807, 2.05) is 6.92 Å². The minimum absolute atomic E-state index is 0.157. The molecule has 0 amide bonds. The number of ether oxygens (including phenoxy) is 1. The van der Waals surface area contributed by atoms with Gasteiger partial charge in [-0.15, -0.1) is 0 Å². The molecule has 13 heavy (non-hydrogen) atoms. The van der Waals surface area contributed by atoms with Crippen LogP contribution < -0.4 is 0 Å². The number of imidazole rings is 1. The summed E-state index contributed by atoms with van der Waals surface area (Å²) in [6.45, 7) is 3.09. The van der Waals surface area contributed by atoms with Crippen LogP contribution in [0.25, 0.3) is 0 Å². The van der Waals surface area contributed by atoms with Gasteiger partial charge in [-0.05, 0) is 6.42 Å². The van der Waals surface area contributed by atoms with Crippen LogP contribution in [-0.2, 0) is 16.1 Å². The first-order valence-corrected chi connectivity index (χ1v) is 4.36. The Bertz CT molecular complexity index is 244. The Morgan fingerprint density at radius 1 is 1.69 bits per heavy atom. The van der Waals surface area contributed by atoms with E-state index in [-0.39, 0.29) is 5.97 Å². The van der Waals surface area contributed by atoms with E-state index in [9.17, 15) is 4.79 Å². The van der Waals surface area contributed by atoms with Gasteiger partial charge in [0.15, 0.2) is 0 Å². The summed E-state index contributed by atoms with van der Waals surface area (Å²) in [5.74, 6) is -0.157. The summed E-state index contributed by atoms with van der Waals surface area (Å²) in [4.78, 5) is 14.8. The fourth-order valence-corrected chi connectivity index (χ4v) is 0.879. The van der Waals surface area contributed by atoms with Gasteiger partial charge in [-0.2, -0.15) is 0 Å². The molecule has 0 aliphatic heterocycles. The quantitative estimate of drug-likeness (QED) is 0.637. The van der Waals surface area contributed by atoms with Crippen molar-refractivity contribution in [3.05, 3.63) is 18.7 Å². The van der Waals surface area contributed by atoms with Crippen molar-refractivity contribution in [3.8, 4) is 0 Å². The number of hydrogen-bond acceptors (Lipinski definition) is 3. The lowest BCUT2D eigenvalue weighted by atomic mass is 10.4. The zero-order valence-electron chi connectivity index (χ0n) is 7.69. The summed E-state index contributed by atoms with van der Waals surface area (Å²) >= 11 is 0. The number of carbonyl (C=O) groups excluding carboxylic acids is 1. The first kappa shape index (κ1) is 9.77. The first-order valence-electron chi connectivity index (χ1n) is 4.36. The maximum atomic E-state index is 11.0. The molecule has 0 unspecified atom stereocenters. The molecule has 0 bridgehead atoms. The van der Waals surface area contributed by atoms with Gasteiger partial charge in [-0.1, -0.05) is 6.92 Å². The van der Waals surface area contributed by atoms with Crippen LogP contribution >= 0.6 is 0 Å². The second kappa shape index (κ2) is 5.35. The van der Waals surface area contributed by atoms with Crippen LogP contribution in [-0.4, -0.2) is 22.1 Å². The van der Waals surface area contributed by atoms with E-state index in [1.54, 1.807) is 17.1 Å². The molecule has 1 rings (SSSR count). The molecule has 0 aliphatic rings. The number of hydrogen-bond donors (Lipinski definition) is 0. The SMILES string of the molecule is CCCOC(=O)CCn1c[c]nc1. The highest BCUT2D eigenvalue weighted by Gasteiger charge is 2.01. The number of rotatable bonds is 5. The van der Waals surface area contributed by atoms with Crippen molar-refractivity contribution in [2.75, 3.05) is 6.61 Å². The summed E-state index contributed by atoms with van der Waals surface area (Å²) in [7, 11) is 0. The van der Waals surface area contributed by atoms with Gasteiger partial charge in [0.25, 0.3) is 0 Å². The topological polar surface area (TPSA) is 44.1 Å². The Morgan fingerprint density at radius 3 is 3.15 bits per heavy atom. The van der Waals surface area contributed by atoms with E-state index in [2.05, 4.69) is 11.2 Å². The number of esters is 1. The monoisotopic (exact) mass is 181 g/mol. The largest absolute Gasteiger partial charge is 0.466 e. The lowest BCUT2D eigenvalue weighted by Gasteiger charge is -2.02. The molecule has 0 spiro atoms. The predicted molar refractivity (Wildman–Crippen MR) is 46.9 cm³/mol. The van der Waals surface area contributed by atoms with Crippen molar-refractivity contribution in [3.63, 3.8) is 0 Å². The van der Waals surface area contributed by atoms with Crippen LogP contribution in [0.1, 0.15) is 19.8 Å². The molecule has 71 valence electrons. The molecule has 0 aromatic carbocycles. The highest BCUT2D eigenvalue weighted by molar-refractivity contribution is 5.69. The molecule has 0 saturated carbocycles. The molecule has 4 nitrogen and oxygen atoms in total. The second-order valence-corrected chi connectivity index (χ2v) is 2.71. The van der Waals surface area contributed by atoms with Crippen molar-refractivity contribution in [2.24, 2.45) is 0 Å². The summed E-state index contributed by atoms with van der Waals surface area (Å²) in [6, 6.07) is 0. The lowest BCUT2D eigenvalue weighted by Crippen LogP contribution is -2.08. The predicted octanol–water partition coefficient (Wildman–Crippen LogP) is 1.03. The fourth-order valence-electron chi connectivity index (χ4n) is 0.879. The normalized spacial score (nSPS) is 9.92. The molecule has 0 saturated heterocycles. The van der Waals surface area contributed by atoms with Crippen molar-refractivity contribution in [1.82, 2.24) is 9.55 Å². The van der Waals surface area contributed by atoms with E-state index in [1.165, 1.54) is 0 Å². The smallest absolute Gasteiger partial charge is 0.307 e. The van der Waals surface area contributed by atoms with Crippen LogP contribution in [0.4, 0.5) is 0 Å². The van der Waals surface area contributed by atoms with Crippen molar-refractivity contribution < 1.29 is 9.53 Å². The van der Waals surface area contributed by atoms with Gasteiger partial charge in [-0.3, -0.25) is 4.79 Å². The molecular weight excluding hydrogens is 168 g/mol. The third kappa shape index (κ3) is 3.73. The average molecular weight is 181 g/mol. The molecule has 0 fully saturated rings. The molecule has 1 radical (unpaired) electrons. The van der Waals surface area contributed by atoms with Gasteiger partial charge in [0, 0.05) is 12.7 Å². The van der Waals surface area contributed by atoms with E-state index in [0.717, 1.165) is 6.42 Å². The third-order valence-electron chi connectivity index (χ3n) is 1.55. The number of nitrogens with zero attached hydrogens (tertiary/aromatic N) is 2. The highest BCUT2D eigenvalue weighted by atomic mass is 16.5. The first-order chi connectivity index (χ1) is 6.33. The zero-order chi connectivity index (χ0) is 9.52. The van der Waals surface area contributed by atoms with Crippen LogP contribution in [0.2, 0.25) is 0 Å². The van der Waals surface area contributed by atoms with E-state index in [0.29, 0.717) is 19.6 Å². The number of aryl methyl sites for hydroxylation is 1. The molecule has 0 aliphatic carbocycles. The Labute approximate surface area is 77.5 Å². The number of aromatic nitrogens is 2. The lowest BCUT2D eigenvalue weighted by molar-refractivity contribution is -0.143. The zero-order valence-corrected chi connectivity index (χ0v) is 7.69. The second-order valence-electron chi connectivity index (χ2n) is 2.71. The molecule has 0 N–H and O–H groups in total. The average Bonchev–Trinajstić information content (AvgIpc) is 2.64. The van der Waals surface area contributed by atoms with Crippen molar-refractivity contribution in [2.45, 2.75) is 26.3 Å². The molecular formula is C9H13N2O2. The third-order valence-corrected chi connectivity index (χ3v) is 1.55. The molecule has 4 heteroatoms. The van der Waals surface area contributed by atoms with Crippen LogP contribution in [0, 0.1) is 6.20 Å². The summed E-state index contributed by atoms with van der Waals surface area (Å²) in [5.41, 5.74) is 0. The van der Waals surface area contributed by atoms with Crippen LogP contribution in [0.3, 0.4) is 0 Å². The summed E-state index contributed by atoms with van der Waals surface area (Å²) in [6.07, 6.45) is 7.25. The van der Waals surface area contributed by atoms with Crippen molar-refractivity contribution in [1.29, 1.82) is 0 Å². The van der Waals surface area contributed by atoms with Crippen molar-refractivity contribution >= 4 is 5.97 Å². The van der Waals surface area contributed by atoms with Gasteiger partial charge in [0.2, 0.25) is 0 Å². The van der Waals surface area contributed by atoms with Crippen LogP contribution in [0.5, 0.6) is 0 Å². The van der Waals surface area contributed by atoms with Gasteiger partial charge >= 0.3 is 5.97 Å². The minimum Gasteiger partial charge on any atom is -0.466 e. The summed E-state index contributed by atoms with van der Waals surface area (Å²) in [5, 5.41) is 0. The summed E-state index contributed by atoms with van der Waals surface area (Å²) < 4.78 is 6.71. The van der Waals surface area contributed by atoms with Crippen LogP contribution in [0.15, 0.2) is 12.5 Å². The maximum absolute atomic E-state index is 11.0. The van der Waals surface area contributed by atoms with E-state index < -0.39 is 0 Å². The van der Waals surface area contributed by atoms with E-state index >= 15 is 0 Å². The Morgan fingerprint density at radius 2 is 2.54 bits per heavy atom. The van der Waals surface area contributed by atoms with Gasteiger partial charge in [0.1, 0.15) is 6.20 Å². The molecule has 1 aromatic heterocycles. The van der Waals surface area contributed by atoms with Gasteiger partial charge in [0.05, 0.1) is 19.4 Å². The number of carbonyl (C=O) groups is 1. The standard InChI is InChI=1S/C9H13N2O2/c1-2-7-13-9(12)3-5-11-6-4-10-8-11/h6,8H,2-3,5,7H2,1H3. The molecule has 1 heterocycles. The highest BCUT2D eigenvalue weighted by Crippen LogP contribution is 1.93. The Balaban J connectivity index is 2.15. The Kier molecular flexibility index (Phi) is 4.02.